The highest BCUT2D eigenvalue weighted by molar-refractivity contribution is 9.10. The summed E-state index contributed by atoms with van der Waals surface area (Å²) in [7, 11) is 1.54. The van der Waals surface area contributed by atoms with Gasteiger partial charge >= 0.3 is 0 Å². The summed E-state index contributed by atoms with van der Waals surface area (Å²) in [4.78, 5) is 16.9. The van der Waals surface area contributed by atoms with Crippen molar-refractivity contribution in [1.82, 2.24) is 14.7 Å². The lowest BCUT2D eigenvalue weighted by molar-refractivity contribution is -0.116. The second-order valence-corrected chi connectivity index (χ2v) is 7.18. The quantitative estimate of drug-likeness (QED) is 0.439. The van der Waals surface area contributed by atoms with Crippen LogP contribution in [0.5, 0.6) is 5.75 Å². The van der Waals surface area contributed by atoms with Crippen LogP contribution in [0, 0.1) is 5.82 Å². The van der Waals surface area contributed by atoms with Crippen LogP contribution in [0.1, 0.15) is 0 Å². The summed E-state index contributed by atoms with van der Waals surface area (Å²) in [6, 6.07) is 15.2. The normalized spacial score (nSPS) is 10.8. The minimum Gasteiger partial charge on any atom is -0.495 e. The Hall–Kier alpha value is -3.46. The summed E-state index contributed by atoms with van der Waals surface area (Å²) in [6.45, 7) is 0.0419. The summed E-state index contributed by atoms with van der Waals surface area (Å²) in [6.07, 6.45) is 1.75. The zero-order valence-electron chi connectivity index (χ0n) is 15.8. The molecule has 0 unspecified atom stereocenters. The predicted molar refractivity (Wildman–Crippen MR) is 112 cm³/mol. The van der Waals surface area contributed by atoms with E-state index in [1.54, 1.807) is 54.3 Å². The molecule has 0 bridgehead atoms. The molecular weight excluding hydrogens is 455 g/mol. The fourth-order valence-electron chi connectivity index (χ4n) is 2.92. The number of rotatable bonds is 6. The number of ether oxygens (including phenoxy) is 1. The third-order valence-electron chi connectivity index (χ3n) is 4.35. The van der Waals surface area contributed by atoms with Gasteiger partial charge in [-0.05, 0) is 58.4 Å². The maximum absolute atomic E-state index is 13.5. The summed E-state index contributed by atoms with van der Waals surface area (Å²) < 4.78 is 26.1. The Balaban J connectivity index is 1.53. The number of nitrogens with one attached hydrogen (secondary N) is 1. The molecule has 7 nitrogen and oxygen atoms in total. The molecule has 9 heteroatoms. The zero-order chi connectivity index (χ0) is 21.1. The number of anilines is 1. The van der Waals surface area contributed by atoms with Crippen molar-refractivity contribution < 1.29 is 18.4 Å². The van der Waals surface area contributed by atoms with Gasteiger partial charge in [-0.1, -0.05) is 17.3 Å². The summed E-state index contributed by atoms with van der Waals surface area (Å²) >= 11 is 3.15. The molecule has 0 radical (unpaired) electrons. The fraction of sp³-hybridized carbons (Fsp3) is 0.0952. The van der Waals surface area contributed by atoms with Crippen LogP contribution in [-0.2, 0) is 11.3 Å². The van der Waals surface area contributed by atoms with Gasteiger partial charge in [0.05, 0.1) is 17.3 Å². The lowest BCUT2D eigenvalue weighted by Gasteiger charge is -2.11. The Kier molecular flexibility index (Phi) is 5.62. The van der Waals surface area contributed by atoms with Crippen molar-refractivity contribution in [3.8, 4) is 28.7 Å². The van der Waals surface area contributed by atoms with Gasteiger partial charge in [0.15, 0.2) is 0 Å². The summed E-state index contributed by atoms with van der Waals surface area (Å²) in [5, 5.41) is 6.79. The highest BCUT2D eigenvalue weighted by Gasteiger charge is 2.17. The van der Waals surface area contributed by atoms with E-state index in [2.05, 4.69) is 31.4 Å². The molecule has 30 heavy (non-hydrogen) atoms. The Morgan fingerprint density at radius 3 is 2.87 bits per heavy atom. The number of carbonyl (C=O) groups is 1. The first-order chi connectivity index (χ1) is 14.5. The van der Waals surface area contributed by atoms with Crippen molar-refractivity contribution in [2.45, 2.75) is 6.54 Å². The van der Waals surface area contributed by atoms with Crippen molar-refractivity contribution in [2.75, 3.05) is 12.4 Å². The number of aromatic nitrogens is 3. The number of nitrogens with zero attached hydrogens (tertiary/aromatic N) is 3. The number of hydrogen-bond acceptors (Lipinski definition) is 5. The van der Waals surface area contributed by atoms with Crippen molar-refractivity contribution in [1.29, 1.82) is 0 Å². The Bertz CT molecular complexity index is 1200. The summed E-state index contributed by atoms with van der Waals surface area (Å²) in [5.41, 5.74) is 1.77. The minimum absolute atomic E-state index is 0.0419. The van der Waals surface area contributed by atoms with Crippen molar-refractivity contribution in [3.05, 3.63) is 71.1 Å². The maximum atomic E-state index is 13.5. The number of hydrogen-bond donors (Lipinski definition) is 1. The van der Waals surface area contributed by atoms with E-state index in [1.807, 2.05) is 12.1 Å². The molecule has 2 heterocycles. The summed E-state index contributed by atoms with van der Waals surface area (Å²) in [5.74, 6) is 0.527. The number of benzene rings is 2. The smallest absolute Gasteiger partial charge is 0.274 e. The Labute approximate surface area is 179 Å². The molecule has 152 valence electrons. The van der Waals surface area contributed by atoms with E-state index in [0.29, 0.717) is 33.0 Å². The molecule has 2 aromatic heterocycles. The highest BCUT2D eigenvalue weighted by Crippen LogP contribution is 2.27. The molecule has 0 aliphatic rings. The van der Waals surface area contributed by atoms with Gasteiger partial charge in [-0.2, -0.15) is 4.98 Å². The SMILES string of the molecule is COc1ccccc1NC(=O)Cn1cccc1-c1nc(-c2ccc(F)c(Br)c2)no1. The number of carbonyl (C=O) groups excluding carboxylic acids is 1. The van der Waals surface area contributed by atoms with Crippen LogP contribution < -0.4 is 10.1 Å². The molecule has 0 aliphatic carbocycles. The first kappa shape index (κ1) is 19.8. The van der Waals surface area contributed by atoms with E-state index in [4.69, 9.17) is 9.26 Å². The largest absolute Gasteiger partial charge is 0.495 e. The number of para-hydroxylation sites is 2. The van der Waals surface area contributed by atoms with Crippen LogP contribution in [0.2, 0.25) is 0 Å². The second kappa shape index (κ2) is 8.50. The molecule has 4 rings (SSSR count). The van der Waals surface area contributed by atoms with Gasteiger partial charge < -0.3 is 19.1 Å². The first-order valence-corrected chi connectivity index (χ1v) is 9.72. The average molecular weight is 471 g/mol. The van der Waals surface area contributed by atoms with Crippen LogP contribution in [0.15, 0.2) is 69.8 Å². The lowest BCUT2D eigenvalue weighted by atomic mass is 10.2. The van der Waals surface area contributed by atoms with Crippen molar-refractivity contribution in [3.63, 3.8) is 0 Å². The first-order valence-electron chi connectivity index (χ1n) is 8.92. The lowest BCUT2D eigenvalue weighted by Crippen LogP contribution is -2.19. The van der Waals surface area contributed by atoms with Gasteiger partial charge in [0, 0.05) is 11.8 Å². The second-order valence-electron chi connectivity index (χ2n) is 6.32. The third-order valence-corrected chi connectivity index (χ3v) is 4.96. The van der Waals surface area contributed by atoms with Gasteiger partial charge in [0.1, 0.15) is 23.8 Å². The van der Waals surface area contributed by atoms with Gasteiger partial charge in [-0.15, -0.1) is 0 Å². The molecule has 0 saturated heterocycles. The topological polar surface area (TPSA) is 82.2 Å². The van der Waals surface area contributed by atoms with Gasteiger partial charge in [-0.3, -0.25) is 4.79 Å². The predicted octanol–water partition coefficient (Wildman–Crippen LogP) is 4.75. The van der Waals surface area contributed by atoms with Gasteiger partial charge in [0.25, 0.3) is 5.89 Å². The molecule has 0 saturated carbocycles. The standard InChI is InChI=1S/C21H16BrFN4O3/c1-29-18-7-3-2-5-16(18)24-19(28)12-27-10-4-6-17(27)21-25-20(26-30-21)13-8-9-15(23)14(22)11-13/h2-11H,12H2,1H3,(H,24,28). The molecular formula is C21H16BrFN4O3. The van der Waals surface area contributed by atoms with Crippen LogP contribution in [0.25, 0.3) is 23.0 Å². The Morgan fingerprint density at radius 1 is 1.23 bits per heavy atom. The van der Waals surface area contributed by atoms with Crippen LogP contribution in [-0.4, -0.2) is 27.7 Å². The van der Waals surface area contributed by atoms with E-state index in [0.717, 1.165) is 0 Å². The molecule has 0 atom stereocenters. The Morgan fingerprint density at radius 2 is 2.07 bits per heavy atom. The zero-order valence-corrected chi connectivity index (χ0v) is 17.4. The number of amides is 1. The molecule has 2 aromatic carbocycles. The molecule has 1 N–H and O–H groups in total. The monoisotopic (exact) mass is 470 g/mol. The van der Waals surface area contributed by atoms with E-state index >= 15 is 0 Å². The molecule has 0 spiro atoms. The number of methoxy groups -OCH3 is 1. The van der Waals surface area contributed by atoms with E-state index in [9.17, 15) is 9.18 Å². The van der Waals surface area contributed by atoms with Crippen LogP contribution >= 0.6 is 15.9 Å². The van der Waals surface area contributed by atoms with Crippen LogP contribution in [0.3, 0.4) is 0 Å². The van der Waals surface area contributed by atoms with E-state index in [1.165, 1.54) is 6.07 Å². The highest BCUT2D eigenvalue weighted by atomic mass is 79.9. The van der Waals surface area contributed by atoms with Gasteiger partial charge in [0.2, 0.25) is 11.7 Å². The van der Waals surface area contributed by atoms with E-state index in [-0.39, 0.29) is 24.2 Å². The van der Waals surface area contributed by atoms with Crippen molar-refractivity contribution >= 4 is 27.5 Å². The third kappa shape index (κ3) is 4.11. The molecule has 0 aliphatic heterocycles. The van der Waals surface area contributed by atoms with E-state index < -0.39 is 0 Å². The average Bonchev–Trinajstić information content (AvgIpc) is 3.40. The molecule has 4 aromatic rings. The minimum atomic E-state index is -0.377. The van der Waals surface area contributed by atoms with Crippen LogP contribution in [0.4, 0.5) is 10.1 Å². The fourth-order valence-corrected chi connectivity index (χ4v) is 3.30. The molecule has 0 fully saturated rings. The number of halogens is 2. The molecule has 1 amide bonds. The van der Waals surface area contributed by atoms with Crippen molar-refractivity contribution in [2.24, 2.45) is 0 Å². The van der Waals surface area contributed by atoms with Gasteiger partial charge in [-0.25, -0.2) is 4.39 Å². The maximum Gasteiger partial charge on any atom is 0.274 e.